The highest BCUT2D eigenvalue weighted by Gasteiger charge is 2.25. The van der Waals surface area contributed by atoms with E-state index < -0.39 is 10.0 Å². The van der Waals surface area contributed by atoms with E-state index in [-0.39, 0.29) is 23.8 Å². The zero-order valence-corrected chi connectivity index (χ0v) is 17.7. The molecule has 0 saturated heterocycles. The van der Waals surface area contributed by atoms with Gasteiger partial charge in [0.05, 0.1) is 11.4 Å². The fraction of sp³-hybridized carbons (Fsp3) is 0.120. The van der Waals surface area contributed by atoms with Gasteiger partial charge in [0.2, 0.25) is 10.0 Å². The maximum Gasteiger partial charge on any atom is 0.243 e. The summed E-state index contributed by atoms with van der Waals surface area (Å²) < 4.78 is 43.9. The van der Waals surface area contributed by atoms with E-state index in [1.54, 1.807) is 36.4 Å². The summed E-state index contributed by atoms with van der Waals surface area (Å²) in [6, 6.07) is 28.2. The highest BCUT2D eigenvalue weighted by molar-refractivity contribution is 7.89. The smallest absolute Gasteiger partial charge is 0.243 e. The van der Waals surface area contributed by atoms with Gasteiger partial charge in [-0.2, -0.15) is 4.31 Å². The van der Waals surface area contributed by atoms with Gasteiger partial charge in [-0.25, -0.2) is 12.8 Å². The van der Waals surface area contributed by atoms with E-state index in [1.165, 1.54) is 16.4 Å². The van der Waals surface area contributed by atoms with Crippen molar-refractivity contribution in [3.63, 3.8) is 0 Å². The van der Waals surface area contributed by atoms with Gasteiger partial charge in [0, 0.05) is 25.0 Å². The predicted octanol–water partition coefficient (Wildman–Crippen LogP) is 5.07. The lowest BCUT2D eigenvalue weighted by molar-refractivity contribution is 0.391. The van der Waals surface area contributed by atoms with E-state index in [1.807, 2.05) is 59.3 Å². The average molecular weight is 435 g/mol. The van der Waals surface area contributed by atoms with Crippen molar-refractivity contribution in [2.75, 3.05) is 0 Å². The van der Waals surface area contributed by atoms with Crippen LogP contribution in [0.1, 0.15) is 16.8 Å². The summed E-state index contributed by atoms with van der Waals surface area (Å²) in [5.41, 5.74) is 2.56. The summed E-state index contributed by atoms with van der Waals surface area (Å²) in [5, 5.41) is 0. The minimum Gasteiger partial charge on any atom is -0.346 e. The largest absolute Gasteiger partial charge is 0.346 e. The van der Waals surface area contributed by atoms with Crippen LogP contribution in [0.25, 0.3) is 0 Å². The van der Waals surface area contributed by atoms with Crippen LogP contribution in [-0.4, -0.2) is 17.3 Å². The van der Waals surface area contributed by atoms with Crippen LogP contribution in [0.2, 0.25) is 0 Å². The molecule has 0 unspecified atom stereocenters. The second-order valence-corrected chi connectivity index (χ2v) is 9.27. The zero-order chi connectivity index (χ0) is 21.7. The van der Waals surface area contributed by atoms with Crippen LogP contribution < -0.4 is 0 Å². The molecule has 0 fully saturated rings. The summed E-state index contributed by atoms with van der Waals surface area (Å²) in [6.07, 6.45) is 1.88. The number of benzene rings is 3. The van der Waals surface area contributed by atoms with Gasteiger partial charge in [-0.3, -0.25) is 0 Å². The van der Waals surface area contributed by atoms with Crippen molar-refractivity contribution in [2.45, 2.75) is 24.5 Å². The van der Waals surface area contributed by atoms with Crippen molar-refractivity contribution in [1.82, 2.24) is 8.87 Å². The van der Waals surface area contributed by atoms with Gasteiger partial charge in [-0.15, -0.1) is 0 Å². The first-order chi connectivity index (χ1) is 15.0. The van der Waals surface area contributed by atoms with E-state index in [2.05, 4.69) is 0 Å². The highest BCUT2D eigenvalue weighted by atomic mass is 32.2. The Morgan fingerprint density at radius 2 is 1.42 bits per heavy atom. The highest BCUT2D eigenvalue weighted by Crippen LogP contribution is 2.22. The minimum atomic E-state index is -3.71. The number of hydrogen-bond donors (Lipinski definition) is 0. The molecule has 4 rings (SSSR count). The first kappa shape index (κ1) is 21.0. The minimum absolute atomic E-state index is 0.203. The number of halogens is 1. The molecular formula is C25H23FN2O2S. The van der Waals surface area contributed by atoms with Gasteiger partial charge >= 0.3 is 0 Å². The monoisotopic (exact) mass is 434 g/mol. The normalized spacial score (nSPS) is 11.7. The Balaban J connectivity index is 1.65. The second-order valence-electron chi connectivity index (χ2n) is 7.33. The van der Waals surface area contributed by atoms with Gasteiger partial charge in [0.1, 0.15) is 5.82 Å². The van der Waals surface area contributed by atoms with Crippen molar-refractivity contribution >= 4 is 10.0 Å². The zero-order valence-electron chi connectivity index (χ0n) is 16.9. The Morgan fingerprint density at radius 3 is 2.13 bits per heavy atom. The third-order valence-corrected chi connectivity index (χ3v) is 6.89. The molecule has 0 radical (unpaired) electrons. The molecule has 4 aromatic rings. The lowest BCUT2D eigenvalue weighted by Crippen LogP contribution is -2.31. The maximum atomic E-state index is 13.6. The van der Waals surface area contributed by atoms with Crippen LogP contribution in [0, 0.1) is 5.82 Å². The molecule has 158 valence electrons. The van der Waals surface area contributed by atoms with E-state index in [0.29, 0.717) is 6.54 Å². The molecule has 1 aromatic heterocycles. The maximum absolute atomic E-state index is 13.6. The summed E-state index contributed by atoms with van der Waals surface area (Å²) >= 11 is 0. The number of aromatic nitrogens is 1. The van der Waals surface area contributed by atoms with E-state index in [0.717, 1.165) is 16.8 Å². The van der Waals surface area contributed by atoms with E-state index in [4.69, 9.17) is 0 Å². The molecule has 0 bridgehead atoms. The topological polar surface area (TPSA) is 42.3 Å². The molecule has 31 heavy (non-hydrogen) atoms. The third kappa shape index (κ3) is 5.10. The van der Waals surface area contributed by atoms with Crippen LogP contribution in [0.15, 0.2) is 108 Å². The second kappa shape index (κ2) is 9.29. The van der Waals surface area contributed by atoms with Crippen LogP contribution in [-0.2, 0) is 29.7 Å². The van der Waals surface area contributed by atoms with Crippen LogP contribution >= 0.6 is 0 Å². The van der Waals surface area contributed by atoms with Gasteiger partial charge < -0.3 is 4.57 Å². The van der Waals surface area contributed by atoms with Gasteiger partial charge in [-0.1, -0.05) is 60.7 Å². The molecule has 6 heteroatoms. The Labute approximate surface area is 182 Å². The van der Waals surface area contributed by atoms with Crippen molar-refractivity contribution in [2.24, 2.45) is 0 Å². The fourth-order valence-corrected chi connectivity index (χ4v) is 4.93. The quantitative estimate of drug-likeness (QED) is 0.389. The summed E-state index contributed by atoms with van der Waals surface area (Å²) in [4.78, 5) is 0.258. The number of nitrogens with zero attached hydrogens (tertiary/aromatic N) is 2. The van der Waals surface area contributed by atoms with Crippen LogP contribution in [0.5, 0.6) is 0 Å². The van der Waals surface area contributed by atoms with E-state index >= 15 is 0 Å². The van der Waals surface area contributed by atoms with Crippen molar-refractivity contribution in [3.8, 4) is 0 Å². The Hall–Kier alpha value is -3.22. The summed E-state index contributed by atoms with van der Waals surface area (Å²) in [6.45, 7) is 0.919. The lowest BCUT2D eigenvalue weighted by Gasteiger charge is -2.23. The first-order valence-corrected chi connectivity index (χ1v) is 11.4. The van der Waals surface area contributed by atoms with Crippen molar-refractivity contribution < 1.29 is 12.8 Å². The SMILES string of the molecule is O=S(=O)(c1ccccc1)N(Cc1ccccc1)Cc1cccn1Cc1cccc(F)c1. The molecule has 1 heterocycles. The standard InChI is InChI=1S/C25H23FN2O2S/c26-23-12-7-11-22(17-23)18-27-16-8-13-24(27)20-28(19-21-9-3-1-4-10-21)31(29,30)25-14-5-2-6-15-25/h1-17H,18-20H2. The number of sulfonamides is 1. The van der Waals surface area contributed by atoms with Gasteiger partial charge in [-0.05, 0) is 47.5 Å². The first-order valence-electron chi connectivity index (χ1n) is 10.00. The van der Waals surface area contributed by atoms with Crippen molar-refractivity contribution in [1.29, 1.82) is 0 Å². The molecule has 4 nitrogen and oxygen atoms in total. The number of rotatable bonds is 8. The Bertz CT molecular complexity index is 1240. The molecule has 0 aliphatic rings. The fourth-order valence-electron chi connectivity index (χ4n) is 3.51. The summed E-state index contributed by atoms with van der Waals surface area (Å²) in [7, 11) is -3.71. The van der Waals surface area contributed by atoms with Gasteiger partial charge in [0.15, 0.2) is 0 Å². The number of hydrogen-bond acceptors (Lipinski definition) is 2. The molecule has 3 aromatic carbocycles. The average Bonchev–Trinajstić information content (AvgIpc) is 3.21. The Morgan fingerprint density at radius 1 is 0.742 bits per heavy atom. The molecule has 0 aliphatic carbocycles. The molecular weight excluding hydrogens is 411 g/mol. The predicted molar refractivity (Wildman–Crippen MR) is 119 cm³/mol. The van der Waals surface area contributed by atoms with Crippen LogP contribution in [0.4, 0.5) is 4.39 Å². The van der Waals surface area contributed by atoms with Gasteiger partial charge in [0.25, 0.3) is 0 Å². The molecule has 0 atom stereocenters. The lowest BCUT2D eigenvalue weighted by atomic mass is 10.2. The molecule has 0 spiro atoms. The summed E-state index contributed by atoms with van der Waals surface area (Å²) in [5.74, 6) is -0.288. The molecule has 0 amide bonds. The molecule has 0 N–H and O–H groups in total. The molecule has 0 aliphatic heterocycles. The van der Waals surface area contributed by atoms with Crippen LogP contribution in [0.3, 0.4) is 0 Å². The van der Waals surface area contributed by atoms with Crippen molar-refractivity contribution in [3.05, 3.63) is 126 Å². The third-order valence-electron chi connectivity index (χ3n) is 5.09. The van der Waals surface area contributed by atoms with E-state index in [9.17, 15) is 12.8 Å². The molecule has 0 saturated carbocycles. The Kier molecular flexibility index (Phi) is 6.30.